The van der Waals surface area contributed by atoms with E-state index in [1.165, 1.54) is 6.21 Å². The second kappa shape index (κ2) is 9.44. The Balaban J connectivity index is 1.78. The van der Waals surface area contributed by atoms with E-state index in [0.717, 1.165) is 5.56 Å². The smallest absolute Gasteiger partial charge is 0.259 e. The fourth-order valence-corrected chi connectivity index (χ4v) is 2.14. The lowest BCUT2D eigenvalue weighted by atomic mass is 10.2. The Kier molecular flexibility index (Phi) is 6.98. The van der Waals surface area contributed by atoms with Gasteiger partial charge in [0, 0.05) is 10.6 Å². The molecule has 2 aromatic carbocycles. The zero-order valence-corrected chi connectivity index (χ0v) is 14.4. The molecule has 2 rings (SSSR count). The molecule has 0 saturated heterocycles. The van der Waals surface area contributed by atoms with Crippen LogP contribution < -0.4 is 15.5 Å². The highest BCUT2D eigenvalue weighted by Crippen LogP contribution is 2.12. The van der Waals surface area contributed by atoms with Crippen LogP contribution in [0.5, 0.6) is 5.75 Å². The standard InChI is InChI=1S/C18H18ClN3O3/c1-2-25-16-8-6-14(7-9-16)18(24)20-12-17(23)22-21-11-13-4-3-5-15(19)10-13/h3-11H,2,12H2,1H3,(H,20,24)(H,22,23)/b21-11-. The minimum Gasteiger partial charge on any atom is -0.494 e. The molecule has 0 aliphatic carbocycles. The second-order valence-corrected chi connectivity index (χ2v) is 5.42. The number of nitrogens with zero attached hydrogens (tertiary/aromatic N) is 1. The maximum Gasteiger partial charge on any atom is 0.259 e. The van der Waals surface area contributed by atoms with E-state index in [4.69, 9.17) is 16.3 Å². The van der Waals surface area contributed by atoms with Gasteiger partial charge in [-0.15, -0.1) is 0 Å². The third-order valence-electron chi connectivity index (χ3n) is 3.09. The monoisotopic (exact) mass is 359 g/mol. The van der Waals surface area contributed by atoms with Crippen molar-refractivity contribution in [1.82, 2.24) is 10.7 Å². The first-order valence-electron chi connectivity index (χ1n) is 7.67. The van der Waals surface area contributed by atoms with Crippen molar-refractivity contribution < 1.29 is 14.3 Å². The van der Waals surface area contributed by atoms with Gasteiger partial charge in [-0.25, -0.2) is 5.43 Å². The molecule has 0 heterocycles. The number of nitrogens with one attached hydrogen (secondary N) is 2. The van der Waals surface area contributed by atoms with Crippen molar-refractivity contribution in [3.63, 3.8) is 0 Å². The first-order chi connectivity index (χ1) is 12.1. The molecule has 0 radical (unpaired) electrons. The number of hydrogen-bond acceptors (Lipinski definition) is 4. The molecule has 6 nitrogen and oxygen atoms in total. The lowest BCUT2D eigenvalue weighted by Crippen LogP contribution is -2.34. The van der Waals surface area contributed by atoms with Crippen molar-refractivity contribution in [3.8, 4) is 5.75 Å². The quantitative estimate of drug-likeness (QED) is 0.589. The molecule has 2 amide bonds. The van der Waals surface area contributed by atoms with Gasteiger partial charge < -0.3 is 10.1 Å². The first kappa shape index (κ1) is 18.5. The summed E-state index contributed by atoms with van der Waals surface area (Å²) in [5.74, 6) is -0.0956. The molecule has 0 aliphatic rings. The zero-order valence-electron chi connectivity index (χ0n) is 13.7. The highest BCUT2D eigenvalue weighted by molar-refractivity contribution is 6.30. The van der Waals surface area contributed by atoms with E-state index in [2.05, 4.69) is 15.8 Å². The number of ether oxygens (including phenoxy) is 1. The van der Waals surface area contributed by atoms with E-state index in [9.17, 15) is 9.59 Å². The molecule has 2 N–H and O–H groups in total. The summed E-state index contributed by atoms with van der Waals surface area (Å²) in [6, 6.07) is 13.7. The third-order valence-corrected chi connectivity index (χ3v) is 3.32. The zero-order chi connectivity index (χ0) is 18.1. The minimum atomic E-state index is -0.433. The molecule has 2 aromatic rings. The van der Waals surface area contributed by atoms with Gasteiger partial charge in [-0.3, -0.25) is 9.59 Å². The van der Waals surface area contributed by atoms with Gasteiger partial charge >= 0.3 is 0 Å². The average molecular weight is 360 g/mol. The molecule has 0 fully saturated rings. The molecular formula is C18H18ClN3O3. The molecule has 0 bridgehead atoms. The summed E-state index contributed by atoms with van der Waals surface area (Å²) < 4.78 is 5.31. The van der Waals surface area contributed by atoms with E-state index in [1.807, 2.05) is 6.92 Å². The Morgan fingerprint density at radius 1 is 1.20 bits per heavy atom. The predicted molar refractivity (Wildman–Crippen MR) is 97.1 cm³/mol. The van der Waals surface area contributed by atoms with Crippen LogP contribution in [-0.4, -0.2) is 31.2 Å². The molecule has 0 aliphatic heterocycles. The maximum atomic E-state index is 12.0. The van der Waals surface area contributed by atoms with Crippen LogP contribution in [0.2, 0.25) is 5.02 Å². The Morgan fingerprint density at radius 3 is 2.64 bits per heavy atom. The molecule has 0 atom stereocenters. The summed E-state index contributed by atoms with van der Waals surface area (Å²) in [6.45, 7) is 2.26. The van der Waals surface area contributed by atoms with Crippen LogP contribution in [0.4, 0.5) is 0 Å². The van der Waals surface area contributed by atoms with Crippen LogP contribution in [-0.2, 0) is 4.79 Å². The number of hydrogen-bond donors (Lipinski definition) is 2. The van der Waals surface area contributed by atoms with Gasteiger partial charge in [0.25, 0.3) is 11.8 Å². The summed E-state index contributed by atoms with van der Waals surface area (Å²) in [5.41, 5.74) is 3.53. The Hall–Kier alpha value is -2.86. The van der Waals surface area contributed by atoms with Crippen molar-refractivity contribution in [1.29, 1.82) is 0 Å². The Bertz CT molecular complexity index is 760. The van der Waals surface area contributed by atoms with Crippen LogP contribution in [0, 0.1) is 0 Å². The number of amides is 2. The molecule has 0 saturated carbocycles. The number of halogens is 1. The van der Waals surface area contributed by atoms with Gasteiger partial charge in [0.05, 0.1) is 19.4 Å². The number of carbonyl (C=O) groups is 2. The first-order valence-corrected chi connectivity index (χ1v) is 8.05. The van der Waals surface area contributed by atoms with E-state index < -0.39 is 5.91 Å². The number of benzene rings is 2. The molecule has 0 unspecified atom stereocenters. The molecule has 0 aromatic heterocycles. The van der Waals surface area contributed by atoms with E-state index in [1.54, 1.807) is 48.5 Å². The predicted octanol–water partition coefficient (Wildman–Crippen LogP) is 2.62. The minimum absolute atomic E-state index is 0.182. The molecular weight excluding hydrogens is 342 g/mol. The summed E-state index contributed by atoms with van der Waals surface area (Å²) in [6.07, 6.45) is 1.47. The van der Waals surface area contributed by atoms with Crippen molar-refractivity contribution in [2.24, 2.45) is 5.10 Å². The van der Waals surface area contributed by atoms with Gasteiger partial charge in [-0.1, -0.05) is 23.7 Å². The second-order valence-electron chi connectivity index (χ2n) is 4.99. The van der Waals surface area contributed by atoms with Gasteiger partial charge in [0.15, 0.2) is 0 Å². The fourth-order valence-electron chi connectivity index (χ4n) is 1.94. The molecule has 0 spiro atoms. The topological polar surface area (TPSA) is 79.8 Å². The molecule has 130 valence electrons. The van der Waals surface area contributed by atoms with Gasteiger partial charge in [-0.2, -0.15) is 5.10 Å². The fraction of sp³-hybridized carbons (Fsp3) is 0.167. The summed E-state index contributed by atoms with van der Waals surface area (Å²) in [7, 11) is 0. The SMILES string of the molecule is CCOc1ccc(C(=O)NCC(=O)N/N=C\c2cccc(Cl)c2)cc1. The van der Waals surface area contributed by atoms with Gasteiger partial charge in [0.2, 0.25) is 0 Å². The van der Waals surface area contributed by atoms with Crippen molar-refractivity contribution in [2.75, 3.05) is 13.2 Å². The van der Waals surface area contributed by atoms with Crippen molar-refractivity contribution in [2.45, 2.75) is 6.92 Å². The summed E-state index contributed by atoms with van der Waals surface area (Å²) >= 11 is 5.85. The van der Waals surface area contributed by atoms with Gasteiger partial charge in [0.1, 0.15) is 5.75 Å². The maximum absolute atomic E-state index is 12.0. The largest absolute Gasteiger partial charge is 0.494 e. The number of rotatable bonds is 7. The Morgan fingerprint density at radius 2 is 1.96 bits per heavy atom. The van der Waals surface area contributed by atoms with Crippen LogP contribution in [0.25, 0.3) is 0 Å². The van der Waals surface area contributed by atoms with Gasteiger partial charge in [-0.05, 0) is 48.9 Å². The van der Waals surface area contributed by atoms with E-state index in [-0.39, 0.29) is 12.5 Å². The summed E-state index contributed by atoms with van der Waals surface area (Å²) in [5, 5.41) is 6.92. The van der Waals surface area contributed by atoms with Crippen molar-refractivity contribution in [3.05, 3.63) is 64.7 Å². The number of carbonyl (C=O) groups excluding carboxylic acids is 2. The summed E-state index contributed by atoms with van der Waals surface area (Å²) in [4.78, 5) is 23.7. The Labute approximate surface area is 150 Å². The third kappa shape index (κ3) is 6.27. The van der Waals surface area contributed by atoms with E-state index >= 15 is 0 Å². The van der Waals surface area contributed by atoms with Crippen LogP contribution in [0.1, 0.15) is 22.8 Å². The normalized spacial score (nSPS) is 10.5. The van der Waals surface area contributed by atoms with Crippen LogP contribution >= 0.6 is 11.6 Å². The lowest BCUT2D eigenvalue weighted by Gasteiger charge is -2.06. The van der Waals surface area contributed by atoms with E-state index in [0.29, 0.717) is 22.9 Å². The highest BCUT2D eigenvalue weighted by Gasteiger charge is 2.07. The average Bonchev–Trinajstić information content (AvgIpc) is 2.61. The van der Waals surface area contributed by atoms with Crippen LogP contribution in [0.15, 0.2) is 53.6 Å². The number of hydrazone groups is 1. The lowest BCUT2D eigenvalue weighted by molar-refractivity contribution is -0.120. The molecule has 25 heavy (non-hydrogen) atoms. The van der Waals surface area contributed by atoms with Crippen molar-refractivity contribution >= 4 is 29.6 Å². The van der Waals surface area contributed by atoms with Crippen LogP contribution in [0.3, 0.4) is 0 Å². The molecule has 7 heteroatoms. The highest BCUT2D eigenvalue weighted by atomic mass is 35.5.